The van der Waals surface area contributed by atoms with E-state index in [4.69, 9.17) is 22.1 Å². The summed E-state index contributed by atoms with van der Waals surface area (Å²) in [6, 6.07) is 9.07. The van der Waals surface area contributed by atoms with Crippen molar-refractivity contribution in [2.45, 2.75) is 11.3 Å². The van der Waals surface area contributed by atoms with Crippen LogP contribution in [0, 0.1) is 32.8 Å². The molecule has 6 heteroatoms. The molecule has 0 fully saturated rings. The summed E-state index contributed by atoms with van der Waals surface area (Å²) in [6.45, 7) is 0. The topological polar surface area (TPSA) is 90.7 Å². The Bertz CT molecular complexity index is 472. The molecular formula is C10H6ClN3O2. The molecule has 0 amide bonds. The number of non-ortho nitro benzene ring substituents is 1. The van der Waals surface area contributed by atoms with E-state index in [2.05, 4.69) is 0 Å². The molecule has 5 nitrogen and oxygen atoms in total. The van der Waals surface area contributed by atoms with Gasteiger partial charge < -0.3 is 0 Å². The highest BCUT2D eigenvalue weighted by Crippen LogP contribution is 2.24. The van der Waals surface area contributed by atoms with Crippen LogP contribution in [0.2, 0.25) is 0 Å². The van der Waals surface area contributed by atoms with E-state index < -0.39 is 16.2 Å². The standard InChI is InChI=1S/C10H6ClN3O2/c11-10(6-13)9(5-12)7-1-3-8(4-2-7)14(15)16/h1-4,9-10H/t9-,10-/m1/s1. The van der Waals surface area contributed by atoms with Crippen molar-refractivity contribution in [3.05, 3.63) is 39.9 Å². The van der Waals surface area contributed by atoms with E-state index in [1.807, 2.05) is 6.07 Å². The fraction of sp³-hybridized carbons (Fsp3) is 0.200. The molecule has 0 aromatic heterocycles. The lowest BCUT2D eigenvalue weighted by molar-refractivity contribution is -0.384. The second-order valence-electron chi connectivity index (χ2n) is 2.99. The van der Waals surface area contributed by atoms with Crippen LogP contribution in [0.5, 0.6) is 0 Å². The molecule has 2 atom stereocenters. The van der Waals surface area contributed by atoms with Crippen LogP contribution in [0.1, 0.15) is 11.5 Å². The van der Waals surface area contributed by atoms with Crippen LogP contribution in [-0.4, -0.2) is 10.3 Å². The van der Waals surface area contributed by atoms with E-state index >= 15 is 0 Å². The van der Waals surface area contributed by atoms with E-state index in [-0.39, 0.29) is 5.69 Å². The van der Waals surface area contributed by atoms with Gasteiger partial charge in [-0.1, -0.05) is 12.1 Å². The number of nitrogens with zero attached hydrogens (tertiary/aromatic N) is 3. The molecule has 16 heavy (non-hydrogen) atoms. The van der Waals surface area contributed by atoms with E-state index in [1.54, 1.807) is 6.07 Å². The molecule has 0 unspecified atom stereocenters. The van der Waals surface area contributed by atoms with Crippen molar-refractivity contribution in [1.29, 1.82) is 10.5 Å². The van der Waals surface area contributed by atoms with Crippen molar-refractivity contribution in [2.24, 2.45) is 0 Å². The largest absolute Gasteiger partial charge is 0.269 e. The summed E-state index contributed by atoms with van der Waals surface area (Å²) in [7, 11) is 0. The molecule has 0 saturated carbocycles. The fourth-order valence-corrected chi connectivity index (χ4v) is 1.39. The van der Waals surface area contributed by atoms with Gasteiger partial charge in [-0.15, -0.1) is 11.6 Å². The summed E-state index contributed by atoms with van der Waals surface area (Å²) in [6.07, 6.45) is 0. The first-order valence-corrected chi connectivity index (χ1v) is 4.71. The Kier molecular flexibility index (Phi) is 3.82. The molecule has 0 saturated heterocycles. The molecule has 0 aliphatic heterocycles. The number of nitro benzene ring substituents is 1. The number of rotatable bonds is 3. The van der Waals surface area contributed by atoms with Gasteiger partial charge in [-0.25, -0.2) is 0 Å². The van der Waals surface area contributed by atoms with Crippen molar-refractivity contribution in [3.8, 4) is 12.1 Å². The Morgan fingerprint density at radius 2 is 1.81 bits per heavy atom. The van der Waals surface area contributed by atoms with Crippen LogP contribution in [0.3, 0.4) is 0 Å². The van der Waals surface area contributed by atoms with Gasteiger partial charge in [0.05, 0.1) is 17.1 Å². The zero-order valence-corrected chi connectivity index (χ0v) is 8.76. The second kappa shape index (κ2) is 5.11. The highest BCUT2D eigenvalue weighted by molar-refractivity contribution is 6.23. The molecule has 0 spiro atoms. The Labute approximate surface area is 96.6 Å². The van der Waals surface area contributed by atoms with Crippen LogP contribution in [0.4, 0.5) is 5.69 Å². The third-order valence-electron chi connectivity index (χ3n) is 2.02. The Hall–Kier alpha value is -2.11. The SMILES string of the molecule is N#C[C@@H](Cl)[C@H](C#N)c1ccc([N+](=O)[O-])cc1. The maximum Gasteiger partial charge on any atom is 0.269 e. The first-order chi connectivity index (χ1) is 7.60. The van der Waals surface area contributed by atoms with Crippen LogP contribution >= 0.6 is 11.6 Å². The van der Waals surface area contributed by atoms with Crippen molar-refractivity contribution in [2.75, 3.05) is 0 Å². The lowest BCUT2D eigenvalue weighted by Gasteiger charge is -2.08. The predicted octanol–water partition coefficient (Wildman–Crippen LogP) is 2.33. The minimum atomic E-state index is -0.966. The molecule has 1 aromatic carbocycles. The second-order valence-corrected chi connectivity index (χ2v) is 3.46. The summed E-state index contributed by atoms with van der Waals surface area (Å²) in [5, 5.41) is 26.9. The Morgan fingerprint density at radius 3 is 2.19 bits per heavy atom. The van der Waals surface area contributed by atoms with Crippen molar-refractivity contribution >= 4 is 17.3 Å². The third kappa shape index (κ3) is 2.47. The molecule has 0 heterocycles. The highest BCUT2D eigenvalue weighted by Gasteiger charge is 2.21. The maximum absolute atomic E-state index is 10.4. The summed E-state index contributed by atoms with van der Waals surface area (Å²) in [5.74, 6) is -0.785. The first-order valence-electron chi connectivity index (χ1n) is 4.27. The van der Waals surface area contributed by atoms with Gasteiger partial charge in [0.15, 0.2) is 0 Å². The zero-order chi connectivity index (χ0) is 12.1. The average Bonchev–Trinajstić information content (AvgIpc) is 2.30. The van der Waals surface area contributed by atoms with Crippen LogP contribution in [0.25, 0.3) is 0 Å². The van der Waals surface area contributed by atoms with Gasteiger partial charge in [-0.05, 0) is 5.56 Å². The number of nitro groups is 1. The molecule has 1 aromatic rings. The molecule has 0 aliphatic carbocycles. The highest BCUT2D eigenvalue weighted by atomic mass is 35.5. The summed E-state index contributed by atoms with van der Waals surface area (Å²) < 4.78 is 0. The summed E-state index contributed by atoms with van der Waals surface area (Å²) in [5.41, 5.74) is 0.429. The van der Waals surface area contributed by atoms with Gasteiger partial charge in [-0.2, -0.15) is 10.5 Å². The average molecular weight is 236 g/mol. The Morgan fingerprint density at radius 1 is 1.25 bits per heavy atom. The number of nitriles is 2. The molecule has 1 rings (SSSR count). The van der Waals surface area contributed by atoms with Crippen molar-refractivity contribution in [3.63, 3.8) is 0 Å². The van der Waals surface area contributed by atoms with E-state index in [0.29, 0.717) is 5.56 Å². The molecule has 0 aliphatic rings. The molecule has 0 N–H and O–H groups in total. The third-order valence-corrected chi connectivity index (χ3v) is 2.37. The molecular weight excluding hydrogens is 230 g/mol. The van der Waals surface area contributed by atoms with E-state index in [0.717, 1.165) is 0 Å². The monoisotopic (exact) mass is 235 g/mol. The minimum Gasteiger partial charge on any atom is -0.258 e. The predicted molar refractivity (Wildman–Crippen MR) is 56.7 cm³/mol. The number of hydrogen-bond donors (Lipinski definition) is 0. The van der Waals surface area contributed by atoms with Crippen molar-refractivity contribution in [1.82, 2.24) is 0 Å². The summed E-state index contributed by atoms with van der Waals surface area (Å²) in [4.78, 5) is 9.87. The van der Waals surface area contributed by atoms with Crippen LogP contribution in [-0.2, 0) is 0 Å². The maximum atomic E-state index is 10.4. The molecule has 80 valence electrons. The lowest BCUT2D eigenvalue weighted by Crippen LogP contribution is -2.08. The number of alkyl halides is 1. The van der Waals surface area contributed by atoms with Gasteiger partial charge >= 0.3 is 0 Å². The van der Waals surface area contributed by atoms with E-state index in [9.17, 15) is 10.1 Å². The number of hydrogen-bond acceptors (Lipinski definition) is 4. The Balaban J connectivity index is 3.02. The molecule has 0 bridgehead atoms. The molecule has 0 radical (unpaired) electrons. The van der Waals surface area contributed by atoms with E-state index in [1.165, 1.54) is 24.3 Å². The van der Waals surface area contributed by atoms with Gasteiger partial charge in [-0.3, -0.25) is 10.1 Å². The van der Waals surface area contributed by atoms with Crippen LogP contribution < -0.4 is 0 Å². The van der Waals surface area contributed by atoms with Crippen molar-refractivity contribution < 1.29 is 4.92 Å². The quantitative estimate of drug-likeness (QED) is 0.457. The summed E-state index contributed by atoms with van der Waals surface area (Å²) >= 11 is 5.65. The van der Waals surface area contributed by atoms with Gasteiger partial charge in [0.25, 0.3) is 5.69 Å². The van der Waals surface area contributed by atoms with Gasteiger partial charge in [0.2, 0.25) is 0 Å². The van der Waals surface area contributed by atoms with Gasteiger partial charge in [0, 0.05) is 12.1 Å². The normalized spacial score (nSPS) is 13.2. The fourth-order valence-electron chi connectivity index (χ4n) is 1.19. The first kappa shape index (κ1) is 12.0. The van der Waals surface area contributed by atoms with Gasteiger partial charge in [0.1, 0.15) is 11.3 Å². The lowest BCUT2D eigenvalue weighted by atomic mass is 9.97. The number of halogens is 1. The zero-order valence-electron chi connectivity index (χ0n) is 8.00. The smallest absolute Gasteiger partial charge is 0.258 e. The van der Waals surface area contributed by atoms with Crippen LogP contribution in [0.15, 0.2) is 24.3 Å². The number of benzene rings is 1. The minimum absolute atomic E-state index is 0.0662.